The van der Waals surface area contributed by atoms with Crippen LogP contribution in [0.15, 0.2) is 34.9 Å². The zero-order valence-corrected chi connectivity index (χ0v) is 11.9. The van der Waals surface area contributed by atoms with Crippen molar-refractivity contribution in [2.24, 2.45) is 17.8 Å². The van der Waals surface area contributed by atoms with E-state index in [9.17, 15) is 9.59 Å². The predicted octanol–water partition coefficient (Wildman–Crippen LogP) is 3.01. The molecule has 0 saturated heterocycles. The summed E-state index contributed by atoms with van der Waals surface area (Å²) in [5.74, 6) is -0.153. The van der Waals surface area contributed by atoms with E-state index in [1.165, 1.54) is 7.11 Å². The van der Waals surface area contributed by atoms with Crippen molar-refractivity contribution in [3.63, 3.8) is 0 Å². The van der Waals surface area contributed by atoms with Crippen LogP contribution in [0.1, 0.15) is 19.8 Å². The molecule has 0 aromatic carbocycles. The Morgan fingerprint density at radius 1 is 1.42 bits per heavy atom. The van der Waals surface area contributed by atoms with Crippen molar-refractivity contribution < 1.29 is 14.3 Å². The van der Waals surface area contributed by atoms with Crippen LogP contribution in [0.25, 0.3) is 0 Å². The van der Waals surface area contributed by atoms with E-state index in [4.69, 9.17) is 16.3 Å². The largest absolute Gasteiger partial charge is 0.466 e. The standard InChI is InChI=1S/C15H17ClO3/c1-8-4-5-10(9(2)15(18)19-3)6-12-11(8)7-13(17)14(12)16/h4-5,8,10-11H,2,6-7H2,1,3H3/t8-,10+,11-/m0/s1. The highest BCUT2D eigenvalue weighted by molar-refractivity contribution is 6.43. The molecule has 0 fully saturated rings. The second-order valence-corrected chi connectivity index (χ2v) is 5.52. The summed E-state index contributed by atoms with van der Waals surface area (Å²) in [6, 6.07) is 0. The highest BCUT2D eigenvalue weighted by Crippen LogP contribution is 2.43. The number of hydrogen-bond acceptors (Lipinski definition) is 3. The molecule has 4 heteroatoms. The van der Waals surface area contributed by atoms with Crippen LogP contribution >= 0.6 is 11.6 Å². The van der Waals surface area contributed by atoms with Crippen LogP contribution in [-0.4, -0.2) is 18.9 Å². The average Bonchev–Trinajstić information content (AvgIpc) is 2.59. The van der Waals surface area contributed by atoms with E-state index in [1.54, 1.807) is 0 Å². The minimum absolute atomic E-state index is 0.00578. The molecule has 0 aromatic heterocycles. The first-order valence-corrected chi connectivity index (χ1v) is 6.70. The summed E-state index contributed by atoms with van der Waals surface area (Å²) in [4.78, 5) is 23.3. The molecule has 0 N–H and O–H groups in total. The van der Waals surface area contributed by atoms with Crippen molar-refractivity contribution in [1.82, 2.24) is 0 Å². The van der Waals surface area contributed by atoms with E-state index < -0.39 is 5.97 Å². The Kier molecular flexibility index (Phi) is 3.95. The fourth-order valence-corrected chi connectivity index (χ4v) is 3.06. The number of rotatable bonds is 2. The second-order valence-electron chi connectivity index (χ2n) is 5.14. The molecule has 3 nitrogen and oxygen atoms in total. The minimum Gasteiger partial charge on any atom is -0.466 e. The van der Waals surface area contributed by atoms with Crippen molar-refractivity contribution in [3.8, 4) is 0 Å². The van der Waals surface area contributed by atoms with Crippen molar-refractivity contribution in [2.45, 2.75) is 19.8 Å². The molecule has 102 valence electrons. The number of ketones is 1. The summed E-state index contributed by atoms with van der Waals surface area (Å²) in [5.41, 5.74) is 1.36. The maximum atomic E-state index is 11.7. The smallest absolute Gasteiger partial charge is 0.333 e. The van der Waals surface area contributed by atoms with Gasteiger partial charge in [-0.1, -0.05) is 37.3 Å². The Balaban J connectivity index is 2.31. The first-order chi connectivity index (χ1) is 8.95. The SMILES string of the molecule is C=C(C(=O)OC)[C@@H]1C=C[C@H](C)[C@@H]2CC(=O)C(Cl)=C2C1. The molecular formula is C15H17ClO3. The first-order valence-electron chi connectivity index (χ1n) is 6.32. The van der Waals surface area contributed by atoms with E-state index in [2.05, 4.69) is 13.5 Å². The van der Waals surface area contributed by atoms with E-state index in [-0.39, 0.29) is 23.5 Å². The monoisotopic (exact) mass is 280 g/mol. The zero-order valence-electron chi connectivity index (χ0n) is 11.1. The third-order valence-corrected chi connectivity index (χ3v) is 4.45. The van der Waals surface area contributed by atoms with E-state index in [0.29, 0.717) is 23.4 Å². The van der Waals surface area contributed by atoms with Gasteiger partial charge in [-0.3, -0.25) is 4.79 Å². The van der Waals surface area contributed by atoms with Crippen LogP contribution in [0, 0.1) is 17.8 Å². The maximum Gasteiger partial charge on any atom is 0.333 e. The van der Waals surface area contributed by atoms with Gasteiger partial charge in [-0.05, 0) is 23.8 Å². The molecule has 0 saturated carbocycles. The van der Waals surface area contributed by atoms with Crippen molar-refractivity contribution in [3.05, 3.63) is 34.9 Å². The van der Waals surface area contributed by atoms with Gasteiger partial charge in [0.2, 0.25) is 0 Å². The number of Topliss-reactive ketones (excluding diaryl/α,β-unsaturated/α-hetero) is 1. The maximum absolute atomic E-state index is 11.7. The molecular weight excluding hydrogens is 264 g/mol. The van der Waals surface area contributed by atoms with Crippen LogP contribution in [-0.2, 0) is 14.3 Å². The van der Waals surface area contributed by atoms with Gasteiger partial charge >= 0.3 is 5.97 Å². The molecule has 0 unspecified atom stereocenters. The molecule has 3 atom stereocenters. The van der Waals surface area contributed by atoms with Crippen LogP contribution in [0.4, 0.5) is 0 Å². The molecule has 2 aliphatic rings. The zero-order chi connectivity index (χ0) is 14.2. The Bertz CT molecular complexity index is 502. The third kappa shape index (κ3) is 2.52. The topological polar surface area (TPSA) is 43.4 Å². The summed E-state index contributed by atoms with van der Waals surface area (Å²) in [7, 11) is 1.34. The molecule has 0 spiro atoms. The van der Waals surface area contributed by atoms with Crippen LogP contribution in [0.5, 0.6) is 0 Å². The van der Waals surface area contributed by atoms with Gasteiger partial charge in [0, 0.05) is 17.9 Å². The van der Waals surface area contributed by atoms with Gasteiger partial charge in [-0.25, -0.2) is 4.79 Å². The van der Waals surface area contributed by atoms with Gasteiger partial charge in [0.25, 0.3) is 0 Å². The molecule has 19 heavy (non-hydrogen) atoms. The van der Waals surface area contributed by atoms with E-state index >= 15 is 0 Å². The molecule has 0 heterocycles. The number of carbonyl (C=O) groups excluding carboxylic acids is 2. The summed E-state index contributed by atoms with van der Waals surface area (Å²) < 4.78 is 4.70. The lowest BCUT2D eigenvalue weighted by Gasteiger charge is -2.18. The van der Waals surface area contributed by atoms with Gasteiger partial charge in [0.15, 0.2) is 5.78 Å². The lowest BCUT2D eigenvalue weighted by Crippen LogP contribution is -2.13. The highest BCUT2D eigenvalue weighted by atomic mass is 35.5. The Labute approximate surface area is 118 Å². The number of methoxy groups -OCH3 is 1. The quantitative estimate of drug-likeness (QED) is 0.444. The number of fused-ring (bicyclic) bond motifs is 1. The fraction of sp³-hybridized carbons (Fsp3) is 0.467. The molecule has 0 amide bonds. The van der Waals surface area contributed by atoms with Crippen molar-refractivity contribution >= 4 is 23.4 Å². The van der Waals surface area contributed by atoms with Crippen LogP contribution in [0.3, 0.4) is 0 Å². The van der Waals surface area contributed by atoms with Gasteiger partial charge in [-0.2, -0.15) is 0 Å². The highest BCUT2D eigenvalue weighted by Gasteiger charge is 2.37. The predicted molar refractivity (Wildman–Crippen MR) is 73.6 cm³/mol. The summed E-state index contributed by atoms with van der Waals surface area (Å²) in [6.07, 6.45) is 5.06. The molecule has 0 radical (unpaired) electrons. The number of hydrogen-bond donors (Lipinski definition) is 0. The van der Waals surface area contributed by atoms with Gasteiger partial charge in [-0.15, -0.1) is 0 Å². The fourth-order valence-electron chi connectivity index (χ4n) is 2.77. The van der Waals surface area contributed by atoms with Crippen molar-refractivity contribution in [1.29, 1.82) is 0 Å². The molecule has 2 aliphatic carbocycles. The number of carbonyl (C=O) groups is 2. The summed E-state index contributed by atoms with van der Waals surface area (Å²) in [5, 5.41) is 0.350. The normalized spacial score (nSPS) is 30.1. The average molecular weight is 281 g/mol. The molecule has 0 aliphatic heterocycles. The third-order valence-electron chi connectivity index (χ3n) is 4.00. The lowest BCUT2D eigenvalue weighted by atomic mass is 9.86. The number of allylic oxidation sites excluding steroid dienone is 4. The van der Waals surface area contributed by atoms with Crippen LogP contribution < -0.4 is 0 Å². The first kappa shape index (κ1) is 14.1. The summed E-state index contributed by atoms with van der Waals surface area (Å²) in [6.45, 7) is 5.86. The number of halogens is 1. The van der Waals surface area contributed by atoms with Gasteiger partial charge in [0.1, 0.15) is 0 Å². The van der Waals surface area contributed by atoms with Crippen molar-refractivity contribution in [2.75, 3.05) is 7.11 Å². The molecule has 0 bridgehead atoms. The Morgan fingerprint density at radius 3 is 2.74 bits per heavy atom. The summed E-state index contributed by atoms with van der Waals surface area (Å²) >= 11 is 6.11. The van der Waals surface area contributed by atoms with Gasteiger partial charge < -0.3 is 4.74 Å². The lowest BCUT2D eigenvalue weighted by molar-refractivity contribution is -0.136. The Hall–Kier alpha value is -1.35. The minimum atomic E-state index is -0.415. The number of esters is 1. The van der Waals surface area contributed by atoms with E-state index in [1.807, 2.05) is 12.2 Å². The Morgan fingerprint density at radius 2 is 2.11 bits per heavy atom. The number of ether oxygens (including phenoxy) is 1. The molecule has 2 rings (SSSR count). The molecule has 0 aromatic rings. The van der Waals surface area contributed by atoms with Crippen LogP contribution in [0.2, 0.25) is 0 Å². The van der Waals surface area contributed by atoms with Gasteiger partial charge in [0.05, 0.1) is 12.1 Å². The second kappa shape index (κ2) is 5.33. The van der Waals surface area contributed by atoms with E-state index in [0.717, 1.165) is 5.57 Å².